The minimum atomic E-state index is -0.115. The van der Waals surface area contributed by atoms with Crippen LogP contribution in [-0.4, -0.2) is 30.9 Å². The SMILES string of the molecule is O=C(c1ccc2c(c1)c1ccccc1n2-n1c2ccccc2c2cc(C(=O)c3ccccn3)ccc21)c1ccccn1. The predicted molar refractivity (Wildman–Crippen MR) is 165 cm³/mol. The number of aromatic nitrogens is 4. The van der Waals surface area contributed by atoms with Crippen LogP contribution in [0.4, 0.5) is 0 Å². The van der Waals surface area contributed by atoms with E-state index in [9.17, 15) is 9.59 Å². The van der Waals surface area contributed by atoms with Gasteiger partial charge in [0.1, 0.15) is 11.4 Å². The molecule has 42 heavy (non-hydrogen) atoms. The first-order valence-electron chi connectivity index (χ1n) is 13.7. The first-order chi connectivity index (χ1) is 20.7. The highest BCUT2D eigenvalue weighted by atomic mass is 16.1. The summed E-state index contributed by atoms with van der Waals surface area (Å²) in [6, 6.07) is 38.8. The molecule has 0 N–H and O–H groups in total. The van der Waals surface area contributed by atoms with Crippen LogP contribution in [0, 0.1) is 0 Å². The zero-order chi connectivity index (χ0) is 28.2. The molecule has 0 bridgehead atoms. The molecule has 8 rings (SSSR count). The van der Waals surface area contributed by atoms with Crippen LogP contribution < -0.4 is 0 Å². The summed E-state index contributed by atoms with van der Waals surface area (Å²) in [4.78, 5) is 35.1. The molecule has 0 amide bonds. The van der Waals surface area contributed by atoms with Crippen LogP contribution in [0.2, 0.25) is 0 Å². The Morgan fingerprint density at radius 3 is 1.26 bits per heavy atom. The van der Waals surface area contributed by atoms with Gasteiger partial charge in [-0.1, -0.05) is 48.5 Å². The number of hydrogen-bond acceptors (Lipinski definition) is 4. The van der Waals surface area contributed by atoms with Gasteiger partial charge in [-0.25, -0.2) is 9.35 Å². The van der Waals surface area contributed by atoms with E-state index >= 15 is 0 Å². The number of carbonyl (C=O) groups excluding carboxylic acids is 2. The van der Waals surface area contributed by atoms with Gasteiger partial charge in [0.2, 0.25) is 11.6 Å². The Bertz CT molecular complexity index is 2170. The maximum Gasteiger partial charge on any atom is 0.211 e. The zero-order valence-corrected chi connectivity index (χ0v) is 22.3. The van der Waals surface area contributed by atoms with E-state index in [1.54, 1.807) is 36.7 Å². The van der Waals surface area contributed by atoms with Crippen LogP contribution in [0.25, 0.3) is 43.6 Å². The Kier molecular flexibility index (Phi) is 5.34. The van der Waals surface area contributed by atoms with Crippen molar-refractivity contribution < 1.29 is 9.59 Å². The van der Waals surface area contributed by atoms with Gasteiger partial charge in [-0.05, 0) is 72.8 Å². The highest BCUT2D eigenvalue weighted by Crippen LogP contribution is 2.36. The highest BCUT2D eigenvalue weighted by molar-refractivity contribution is 6.16. The number of nitrogens with zero attached hydrogens (tertiary/aromatic N) is 4. The van der Waals surface area contributed by atoms with Crippen molar-refractivity contribution in [1.29, 1.82) is 0 Å². The molecule has 0 saturated heterocycles. The second-order valence-electron chi connectivity index (χ2n) is 10.2. The van der Waals surface area contributed by atoms with E-state index < -0.39 is 0 Å². The van der Waals surface area contributed by atoms with Crippen LogP contribution in [0.15, 0.2) is 134 Å². The number of hydrogen-bond donors (Lipinski definition) is 0. The molecule has 0 unspecified atom stereocenters. The molecule has 0 atom stereocenters. The van der Waals surface area contributed by atoms with Crippen LogP contribution >= 0.6 is 0 Å². The van der Waals surface area contributed by atoms with Crippen molar-refractivity contribution in [2.75, 3.05) is 0 Å². The molecule has 6 nitrogen and oxygen atoms in total. The summed E-state index contributed by atoms with van der Waals surface area (Å²) in [5.74, 6) is -0.229. The molecule has 0 fully saturated rings. The molecule has 4 aromatic carbocycles. The molecule has 0 radical (unpaired) electrons. The monoisotopic (exact) mass is 542 g/mol. The number of fused-ring (bicyclic) bond motifs is 6. The van der Waals surface area contributed by atoms with Gasteiger partial charge in [-0.2, -0.15) is 0 Å². The minimum Gasteiger partial charge on any atom is -0.287 e. The fraction of sp³-hybridized carbons (Fsp3) is 0. The fourth-order valence-electron chi connectivity index (χ4n) is 5.91. The zero-order valence-electron chi connectivity index (χ0n) is 22.3. The number of benzene rings is 4. The predicted octanol–water partition coefficient (Wildman–Crippen LogP) is 7.47. The normalized spacial score (nSPS) is 11.5. The van der Waals surface area contributed by atoms with Crippen LogP contribution in [0.1, 0.15) is 32.1 Å². The van der Waals surface area contributed by atoms with E-state index in [0.717, 1.165) is 43.6 Å². The quantitative estimate of drug-likeness (QED) is 0.212. The number of ketones is 2. The lowest BCUT2D eigenvalue weighted by Gasteiger charge is -2.13. The van der Waals surface area contributed by atoms with Crippen molar-refractivity contribution in [3.05, 3.63) is 156 Å². The van der Waals surface area contributed by atoms with E-state index in [-0.39, 0.29) is 11.6 Å². The molecule has 198 valence electrons. The summed E-state index contributed by atoms with van der Waals surface area (Å²) in [6.45, 7) is 0. The summed E-state index contributed by atoms with van der Waals surface area (Å²) in [5.41, 5.74) is 5.94. The summed E-state index contributed by atoms with van der Waals surface area (Å²) in [7, 11) is 0. The Morgan fingerprint density at radius 1 is 0.429 bits per heavy atom. The maximum absolute atomic E-state index is 13.3. The number of pyridine rings is 2. The van der Waals surface area contributed by atoms with Gasteiger partial charge in [0.05, 0.1) is 22.1 Å². The molecule has 0 spiro atoms. The molecule has 0 aliphatic heterocycles. The molecular formula is C36H22N4O2. The second-order valence-corrected chi connectivity index (χ2v) is 10.2. The summed E-state index contributed by atoms with van der Waals surface area (Å²) in [5, 5.41) is 4.02. The Labute approximate surface area is 240 Å². The van der Waals surface area contributed by atoms with Crippen molar-refractivity contribution in [2.45, 2.75) is 0 Å². The van der Waals surface area contributed by atoms with Gasteiger partial charge in [0.25, 0.3) is 0 Å². The number of rotatable bonds is 5. The van der Waals surface area contributed by atoms with Crippen LogP contribution in [-0.2, 0) is 0 Å². The Morgan fingerprint density at radius 2 is 0.833 bits per heavy atom. The van der Waals surface area contributed by atoms with E-state index in [4.69, 9.17) is 0 Å². The first-order valence-corrected chi connectivity index (χ1v) is 13.7. The van der Waals surface area contributed by atoms with Crippen LogP contribution in [0.3, 0.4) is 0 Å². The van der Waals surface area contributed by atoms with Gasteiger partial charge in [-0.3, -0.25) is 19.6 Å². The average molecular weight is 543 g/mol. The lowest BCUT2D eigenvalue weighted by molar-refractivity contribution is 0.102. The smallest absolute Gasteiger partial charge is 0.211 e. The topological polar surface area (TPSA) is 69.8 Å². The largest absolute Gasteiger partial charge is 0.287 e. The van der Waals surface area contributed by atoms with Gasteiger partial charge < -0.3 is 0 Å². The minimum absolute atomic E-state index is 0.115. The number of para-hydroxylation sites is 2. The second kappa shape index (κ2) is 9.35. The molecule has 0 saturated carbocycles. The standard InChI is InChI=1S/C36H22N4O2/c41-35(29-11-5-7-19-37-29)23-15-17-33-27(21-23)25-9-1-3-13-31(25)39(33)40-32-14-4-2-10-26(32)28-22-24(16-18-34(28)40)36(42)30-12-6-8-20-38-30/h1-22H. The van der Waals surface area contributed by atoms with Gasteiger partial charge in [-0.15, -0.1) is 0 Å². The van der Waals surface area contributed by atoms with E-state index in [0.29, 0.717) is 22.5 Å². The third-order valence-electron chi connectivity index (χ3n) is 7.81. The third-order valence-corrected chi connectivity index (χ3v) is 7.81. The molecular weight excluding hydrogens is 520 g/mol. The molecule has 4 aromatic heterocycles. The van der Waals surface area contributed by atoms with E-state index in [2.05, 4.69) is 43.6 Å². The van der Waals surface area contributed by atoms with Gasteiger partial charge >= 0.3 is 0 Å². The first kappa shape index (κ1) is 24.0. The lowest BCUT2D eigenvalue weighted by Crippen LogP contribution is -2.09. The number of carbonyl (C=O) groups is 2. The molecule has 8 aromatic rings. The Balaban J connectivity index is 1.38. The molecule has 0 aliphatic rings. The summed E-state index contributed by atoms with van der Waals surface area (Å²) < 4.78 is 4.40. The van der Waals surface area contributed by atoms with Crippen LogP contribution in [0.5, 0.6) is 0 Å². The van der Waals surface area contributed by atoms with Crippen molar-refractivity contribution >= 4 is 55.2 Å². The van der Waals surface area contributed by atoms with Crippen molar-refractivity contribution in [2.24, 2.45) is 0 Å². The molecule has 6 heteroatoms. The maximum atomic E-state index is 13.3. The summed E-state index contributed by atoms with van der Waals surface area (Å²) >= 11 is 0. The van der Waals surface area contributed by atoms with Crippen molar-refractivity contribution in [1.82, 2.24) is 19.3 Å². The summed E-state index contributed by atoms with van der Waals surface area (Å²) in [6.07, 6.45) is 3.27. The van der Waals surface area contributed by atoms with E-state index in [1.165, 1.54) is 0 Å². The highest BCUT2D eigenvalue weighted by Gasteiger charge is 2.20. The lowest BCUT2D eigenvalue weighted by atomic mass is 10.0. The molecule has 0 aliphatic carbocycles. The van der Waals surface area contributed by atoms with Crippen molar-refractivity contribution in [3.8, 4) is 0 Å². The van der Waals surface area contributed by atoms with E-state index in [1.807, 2.05) is 72.8 Å². The van der Waals surface area contributed by atoms with Crippen molar-refractivity contribution in [3.63, 3.8) is 0 Å². The molecule has 4 heterocycles. The van der Waals surface area contributed by atoms with Gasteiger partial charge in [0, 0.05) is 45.1 Å². The average Bonchev–Trinajstić information content (AvgIpc) is 3.56. The Hall–Kier alpha value is -5.88. The van der Waals surface area contributed by atoms with Gasteiger partial charge in [0.15, 0.2) is 0 Å². The fourth-order valence-corrected chi connectivity index (χ4v) is 5.91. The third kappa shape index (κ3) is 3.59.